The monoisotopic (exact) mass is 230 g/mol. The Morgan fingerprint density at radius 1 is 1.53 bits per heavy atom. The number of nitrogens with zero attached hydrogens (tertiary/aromatic N) is 1. The number of hydrogen-bond acceptors (Lipinski definition) is 4. The summed E-state index contributed by atoms with van der Waals surface area (Å²) in [7, 11) is 1.89. The van der Waals surface area contributed by atoms with Crippen LogP contribution < -0.4 is 11.0 Å². The Morgan fingerprint density at radius 2 is 2.29 bits per heavy atom. The van der Waals surface area contributed by atoms with E-state index in [-0.39, 0.29) is 18.0 Å². The third kappa shape index (κ3) is 2.20. The molecule has 86 valence electrons. The summed E-state index contributed by atoms with van der Waals surface area (Å²) in [4.78, 5) is 29.7. The molecular formula is C11H11BN2O3. The minimum Gasteiger partial charge on any atom is -0.460 e. The van der Waals surface area contributed by atoms with Gasteiger partial charge in [-0.15, -0.1) is 0 Å². The van der Waals surface area contributed by atoms with E-state index in [9.17, 15) is 9.59 Å². The number of fused-ring (bicyclic) bond motifs is 1. The number of nitrogens with one attached hydrogen (secondary N) is 1. The van der Waals surface area contributed by atoms with Crippen LogP contribution in [0.4, 0.5) is 0 Å². The second-order valence-corrected chi connectivity index (χ2v) is 3.66. The summed E-state index contributed by atoms with van der Waals surface area (Å²) in [6, 6.07) is 5.28. The number of carbonyl (C=O) groups excluding carboxylic acids is 1. The molecule has 1 heterocycles. The summed E-state index contributed by atoms with van der Waals surface area (Å²) < 4.78 is 4.78. The fourth-order valence-electron chi connectivity index (χ4n) is 1.55. The van der Waals surface area contributed by atoms with Gasteiger partial charge < -0.3 is 9.72 Å². The zero-order valence-electron chi connectivity index (χ0n) is 9.61. The molecule has 2 aromatic rings. The lowest BCUT2D eigenvalue weighted by Crippen LogP contribution is -2.19. The van der Waals surface area contributed by atoms with E-state index in [2.05, 4.69) is 9.97 Å². The molecule has 6 heteroatoms. The quantitative estimate of drug-likeness (QED) is 0.550. The highest BCUT2D eigenvalue weighted by Gasteiger charge is 2.11. The average Bonchev–Trinajstić information content (AvgIpc) is 2.30. The molecule has 0 saturated heterocycles. The van der Waals surface area contributed by atoms with Crippen LogP contribution in [0, 0.1) is 0 Å². The number of benzene rings is 1. The molecule has 0 fully saturated rings. The Hall–Kier alpha value is -2.11. The van der Waals surface area contributed by atoms with E-state index < -0.39 is 5.97 Å². The molecule has 0 amide bonds. The van der Waals surface area contributed by atoms with Crippen LogP contribution in [0.25, 0.3) is 10.9 Å². The second kappa shape index (κ2) is 4.41. The molecule has 0 aliphatic carbocycles. The van der Waals surface area contributed by atoms with Gasteiger partial charge in [-0.2, -0.15) is 0 Å². The normalized spacial score (nSPS) is 10.4. The standard InChI is InChI=1S/C11H11BN2O3/c1-2-17-11(16)9-13-8-4-3-6(12)5-7(8)10(15)14-9/h3-5H,2,12H2,1H3,(H,13,14,15). The van der Waals surface area contributed by atoms with Crippen molar-refractivity contribution in [2.75, 3.05) is 6.61 Å². The van der Waals surface area contributed by atoms with Crippen molar-refractivity contribution in [3.63, 3.8) is 0 Å². The van der Waals surface area contributed by atoms with Crippen molar-refractivity contribution in [2.45, 2.75) is 6.92 Å². The fraction of sp³-hybridized carbons (Fsp3) is 0.182. The smallest absolute Gasteiger partial charge is 0.374 e. The first-order valence-corrected chi connectivity index (χ1v) is 5.29. The number of ether oxygens (including phenoxy) is 1. The van der Waals surface area contributed by atoms with Crippen LogP contribution in [0.2, 0.25) is 0 Å². The molecule has 0 radical (unpaired) electrons. The van der Waals surface area contributed by atoms with Crippen LogP contribution in [0.5, 0.6) is 0 Å². The second-order valence-electron chi connectivity index (χ2n) is 3.66. The Labute approximate surface area is 98.2 Å². The highest BCUT2D eigenvalue weighted by atomic mass is 16.5. The maximum Gasteiger partial charge on any atom is 0.374 e. The van der Waals surface area contributed by atoms with Crippen LogP contribution >= 0.6 is 0 Å². The first-order chi connectivity index (χ1) is 8.11. The number of aromatic amines is 1. The van der Waals surface area contributed by atoms with Crippen molar-refractivity contribution in [1.29, 1.82) is 0 Å². The van der Waals surface area contributed by atoms with Crippen LogP contribution in [-0.2, 0) is 4.74 Å². The van der Waals surface area contributed by atoms with E-state index in [4.69, 9.17) is 4.74 Å². The molecule has 0 saturated carbocycles. The molecule has 0 bridgehead atoms. The van der Waals surface area contributed by atoms with E-state index in [1.807, 2.05) is 13.9 Å². The molecule has 0 unspecified atom stereocenters. The van der Waals surface area contributed by atoms with Gasteiger partial charge in [0.15, 0.2) is 0 Å². The van der Waals surface area contributed by atoms with Gasteiger partial charge in [-0.05, 0) is 13.0 Å². The number of esters is 1. The van der Waals surface area contributed by atoms with Gasteiger partial charge in [0.2, 0.25) is 5.82 Å². The van der Waals surface area contributed by atoms with Crippen molar-refractivity contribution in [3.8, 4) is 0 Å². The van der Waals surface area contributed by atoms with E-state index >= 15 is 0 Å². The van der Waals surface area contributed by atoms with Crippen LogP contribution in [0.1, 0.15) is 17.5 Å². The van der Waals surface area contributed by atoms with Crippen molar-refractivity contribution in [2.24, 2.45) is 0 Å². The largest absolute Gasteiger partial charge is 0.460 e. The Bertz CT molecular complexity index is 636. The molecule has 0 atom stereocenters. The fourth-order valence-corrected chi connectivity index (χ4v) is 1.55. The SMILES string of the molecule is Bc1ccc2nc(C(=O)OCC)[nH]c(=O)c2c1. The van der Waals surface area contributed by atoms with E-state index in [0.29, 0.717) is 10.9 Å². The first-order valence-electron chi connectivity index (χ1n) is 5.29. The van der Waals surface area contributed by atoms with Gasteiger partial charge >= 0.3 is 5.97 Å². The molecule has 0 spiro atoms. The maximum atomic E-state index is 11.8. The molecule has 0 aliphatic heterocycles. The Kier molecular flexibility index (Phi) is 2.95. The van der Waals surface area contributed by atoms with Gasteiger partial charge in [0.05, 0.1) is 17.5 Å². The van der Waals surface area contributed by atoms with Crippen molar-refractivity contribution in [3.05, 3.63) is 34.4 Å². The van der Waals surface area contributed by atoms with Gasteiger partial charge in [0.1, 0.15) is 7.85 Å². The molecule has 1 aromatic heterocycles. The van der Waals surface area contributed by atoms with Gasteiger partial charge in [-0.1, -0.05) is 17.6 Å². The van der Waals surface area contributed by atoms with Gasteiger partial charge in [-0.25, -0.2) is 9.78 Å². The zero-order chi connectivity index (χ0) is 12.4. The number of hydrogen-bond donors (Lipinski definition) is 1. The summed E-state index contributed by atoms with van der Waals surface area (Å²) >= 11 is 0. The first kappa shape index (κ1) is 11.4. The highest BCUT2D eigenvalue weighted by Crippen LogP contribution is 2.04. The summed E-state index contributed by atoms with van der Waals surface area (Å²) in [5.74, 6) is -0.680. The number of rotatable bonds is 2. The molecule has 17 heavy (non-hydrogen) atoms. The summed E-state index contributed by atoms with van der Waals surface area (Å²) in [6.45, 7) is 1.94. The average molecular weight is 230 g/mol. The predicted molar refractivity (Wildman–Crippen MR) is 66.5 cm³/mol. The Balaban J connectivity index is 2.60. The molecule has 0 aliphatic rings. The van der Waals surface area contributed by atoms with Crippen LogP contribution in [0.3, 0.4) is 0 Å². The third-order valence-corrected chi connectivity index (χ3v) is 2.33. The molecule has 5 nitrogen and oxygen atoms in total. The van der Waals surface area contributed by atoms with Crippen molar-refractivity contribution >= 4 is 30.2 Å². The topological polar surface area (TPSA) is 72.0 Å². The van der Waals surface area contributed by atoms with Crippen LogP contribution in [-0.4, -0.2) is 30.4 Å². The molecular weight excluding hydrogens is 219 g/mol. The maximum absolute atomic E-state index is 11.8. The summed E-state index contributed by atoms with van der Waals surface area (Å²) in [5.41, 5.74) is 1.12. The number of H-pyrrole nitrogens is 1. The summed E-state index contributed by atoms with van der Waals surface area (Å²) in [5, 5.41) is 0.470. The lowest BCUT2D eigenvalue weighted by molar-refractivity contribution is 0.0512. The number of aromatic nitrogens is 2. The van der Waals surface area contributed by atoms with Crippen molar-refractivity contribution in [1.82, 2.24) is 9.97 Å². The van der Waals surface area contributed by atoms with E-state index in [1.165, 1.54) is 0 Å². The minimum atomic E-state index is -0.618. The highest BCUT2D eigenvalue weighted by molar-refractivity contribution is 6.33. The van der Waals surface area contributed by atoms with Gasteiger partial charge in [-0.3, -0.25) is 4.79 Å². The minimum absolute atomic E-state index is 0.0618. The number of carbonyl (C=O) groups is 1. The summed E-state index contributed by atoms with van der Waals surface area (Å²) in [6.07, 6.45) is 0. The third-order valence-electron chi connectivity index (χ3n) is 2.33. The Morgan fingerprint density at radius 3 is 3.00 bits per heavy atom. The molecule has 2 rings (SSSR count). The lowest BCUT2D eigenvalue weighted by atomic mass is 9.95. The zero-order valence-corrected chi connectivity index (χ0v) is 9.61. The van der Waals surface area contributed by atoms with Crippen LogP contribution in [0.15, 0.2) is 23.0 Å². The van der Waals surface area contributed by atoms with Crippen molar-refractivity contribution < 1.29 is 9.53 Å². The molecule has 1 aromatic carbocycles. The van der Waals surface area contributed by atoms with E-state index in [1.54, 1.807) is 19.1 Å². The lowest BCUT2D eigenvalue weighted by Gasteiger charge is -2.03. The predicted octanol–water partition coefficient (Wildman–Crippen LogP) is -0.642. The van der Waals surface area contributed by atoms with Gasteiger partial charge in [0, 0.05) is 0 Å². The molecule has 1 N–H and O–H groups in total. The van der Waals surface area contributed by atoms with Gasteiger partial charge in [0.25, 0.3) is 5.56 Å². The van der Waals surface area contributed by atoms with E-state index in [0.717, 1.165) is 5.46 Å².